The minimum Gasteiger partial charge on any atom is -0.378 e. The summed E-state index contributed by atoms with van der Waals surface area (Å²) in [5.74, 6) is 0.957. The van der Waals surface area contributed by atoms with Crippen molar-refractivity contribution < 1.29 is 0 Å². The summed E-state index contributed by atoms with van der Waals surface area (Å²) >= 11 is 0. The van der Waals surface area contributed by atoms with Crippen molar-refractivity contribution in [2.75, 3.05) is 5.32 Å². The van der Waals surface area contributed by atoms with Crippen LogP contribution in [0.4, 0.5) is 5.69 Å². The fourth-order valence-electron chi connectivity index (χ4n) is 1.56. The summed E-state index contributed by atoms with van der Waals surface area (Å²) < 4.78 is 2.07. The van der Waals surface area contributed by atoms with Crippen LogP contribution in [-0.4, -0.2) is 14.8 Å². The van der Waals surface area contributed by atoms with Crippen molar-refractivity contribution in [3.8, 4) is 0 Å². The molecule has 0 radical (unpaired) electrons. The maximum Gasteiger partial charge on any atom is 0.152 e. The predicted molar refractivity (Wildman–Crippen MR) is 64.2 cm³/mol. The van der Waals surface area contributed by atoms with Gasteiger partial charge in [-0.2, -0.15) is 0 Å². The van der Waals surface area contributed by atoms with E-state index in [0.717, 1.165) is 11.5 Å². The number of para-hydroxylation sites is 1. The normalized spacial score (nSPS) is 10.7. The van der Waals surface area contributed by atoms with Gasteiger partial charge in [-0.15, -0.1) is 10.2 Å². The Hall–Kier alpha value is -1.84. The summed E-state index contributed by atoms with van der Waals surface area (Å²) in [6.45, 7) is 4.94. The van der Waals surface area contributed by atoms with Crippen molar-refractivity contribution in [1.29, 1.82) is 0 Å². The molecule has 0 unspecified atom stereocenters. The van der Waals surface area contributed by atoms with Crippen LogP contribution in [0.25, 0.3) is 0 Å². The summed E-state index contributed by atoms with van der Waals surface area (Å²) in [5, 5.41) is 11.4. The molecule has 0 saturated carbocycles. The minimum atomic E-state index is 0.391. The lowest BCUT2D eigenvalue weighted by atomic mass is 10.3. The molecule has 0 aliphatic carbocycles. The molecule has 1 aromatic carbocycles. The predicted octanol–water partition coefficient (Wildman–Crippen LogP) is 2.47. The van der Waals surface area contributed by atoms with Gasteiger partial charge in [0.2, 0.25) is 0 Å². The van der Waals surface area contributed by atoms with Crippen LogP contribution in [0.2, 0.25) is 0 Å². The standard InChI is InChI=1S/C12H16N4/c1-10(2)16-9-14-15-12(16)8-13-11-6-4-3-5-7-11/h3-7,9-10,13H,8H2,1-2H3. The van der Waals surface area contributed by atoms with Gasteiger partial charge in [-0.3, -0.25) is 0 Å². The van der Waals surface area contributed by atoms with E-state index in [1.165, 1.54) is 0 Å². The highest BCUT2D eigenvalue weighted by molar-refractivity contribution is 5.42. The van der Waals surface area contributed by atoms with Crippen LogP contribution in [0.5, 0.6) is 0 Å². The molecule has 1 N–H and O–H groups in total. The van der Waals surface area contributed by atoms with E-state index < -0.39 is 0 Å². The van der Waals surface area contributed by atoms with E-state index in [1.807, 2.05) is 30.3 Å². The molecule has 0 bridgehead atoms. The van der Waals surface area contributed by atoms with E-state index in [2.05, 4.69) is 33.9 Å². The second kappa shape index (κ2) is 4.79. The van der Waals surface area contributed by atoms with E-state index in [-0.39, 0.29) is 0 Å². The van der Waals surface area contributed by atoms with Crippen molar-refractivity contribution in [3.05, 3.63) is 42.5 Å². The molecule has 2 rings (SSSR count). The van der Waals surface area contributed by atoms with E-state index in [1.54, 1.807) is 6.33 Å². The summed E-state index contributed by atoms with van der Waals surface area (Å²) in [7, 11) is 0. The average molecular weight is 216 g/mol. The number of rotatable bonds is 4. The average Bonchev–Trinajstić information content (AvgIpc) is 2.76. The number of hydrogen-bond donors (Lipinski definition) is 1. The zero-order valence-electron chi connectivity index (χ0n) is 9.59. The lowest BCUT2D eigenvalue weighted by Gasteiger charge is -2.11. The molecule has 1 aromatic heterocycles. The van der Waals surface area contributed by atoms with Gasteiger partial charge in [-0.1, -0.05) is 18.2 Å². The van der Waals surface area contributed by atoms with Crippen molar-refractivity contribution in [2.24, 2.45) is 0 Å². The first-order valence-corrected chi connectivity index (χ1v) is 5.44. The number of nitrogens with zero attached hydrogens (tertiary/aromatic N) is 3. The van der Waals surface area contributed by atoms with Crippen LogP contribution in [0, 0.1) is 0 Å². The number of nitrogens with one attached hydrogen (secondary N) is 1. The van der Waals surface area contributed by atoms with Crippen LogP contribution in [0.15, 0.2) is 36.7 Å². The van der Waals surface area contributed by atoms with E-state index in [9.17, 15) is 0 Å². The second-order valence-electron chi connectivity index (χ2n) is 3.97. The zero-order chi connectivity index (χ0) is 11.4. The highest BCUT2D eigenvalue weighted by Gasteiger charge is 2.06. The molecule has 0 saturated heterocycles. The van der Waals surface area contributed by atoms with Gasteiger partial charge >= 0.3 is 0 Å². The lowest BCUT2D eigenvalue weighted by Crippen LogP contribution is -2.09. The quantitative estimate of drug-likeness (QED) is 0.853. The Kier molecular flexibility index (Phi) is 3.19. The molecule has 16 heavy (non-hydrogen) atoms. The van der Waals surface area contributed by atoms with Crippen molar-refractivity contribution in [2.45, 2.75) is 26.4 Å². The Morgan fingerprint density at radius 3 is 2.69 bits per heavy atom. The van der Waals surface area contributed by atoms with Gasteiger partial charge in [-0.05, 0) is 26.0 Å². The number of aromatic nitrogens is 3. The highest BCUT2D eigenvalue weighted by atomic mass is 15.3. The molecule has 0 fully saturated rings. The molecule has 4 heteroatoms. The molecule has 2 aromatic rings. The Bertz CT molecular complexity index is 433. The van der Waals surface area contributed by atoms with Gasteiger partial charge in [0, 0.05) is 11.7 Å². The third kappa shape index (κ3) is 2.39. The summed E-state index contributed by atoms with van der Waals surface area (Å²) in [6.07, 6.45) is 1.77. The smallest absolute Gasteiger partial charge is 0.152 e. The highest BCUT2D eigenvalue weighted by Crippen LogP contribution is 2.10. The minimum absolute atomic E-state index is 0.391. The first kappa shape index (κ1) is 10.7. The fraction of sp³-hybridized carbons (Fsp3) is 0.333. The molecule has 0 aliphatic heterocycles. The summed E-state index contributed by atoms with van der Waals surface area (Å²) in [4.78, 5) is 0. The molecular weight excluding hydrogens is 200 g/mol. The molecule has 0 spiro atoms. The summed E-state index contributed by atoms with van der Waals surface area (Å²) in [6, 6.07) is 10.5. The number of hydrogen-bond acceptors (Lipinski definition) is 3. The maximum absolute atomic E-state index is 4.10. The monoisotopic (exact) mass is 216 g/mol. The van der Waals surface area contributed by atoms with Gasteiger partial charge in [0.25, 0.3) is 0 Å². The third-order valence-corrected chi connectivity index (χ3v) is 2.43. The van der Waals surface area contributed by atoms with Gasteiger partial charge < -0.3 is 9.88 Å². The Morgan fingerprint density at radius 1 is 1.25 bits per heavy atom. The van der Waals surface area contributed by atoms with Gasteiger partial charge in [0.15, 0.2) is 5.82 Å². The topological polar surface area (TPSA) is 42.7 Å². The molecule has 1 heterocycles. The van der Waals surface area contributed by atoms with Crippen molar-refractivity contribution in [1.82, 2.24) is 14.8 Å². The Labute approximate surface area is 95.3 Å². The fourth-order valence-corrected chi connectivity index (χ4v) is 1.56. The van der Waals surface area contributed by atoms with Gasteiger partial charge in [0.05, 0.1) is 6.54 Å². The van der Waals surface area contributed by atoms with Crippen LogP contribution < -0.4 is 5.32 Å². The maximum atomic E-state index is 4.10. The zero-order valence-corrected chi connectivity index (χ0v) is 9.59. The van der Waals surface area contributed by atoms with Crippen molar-refractivity contribution in [3.63, 3.8) is 0 Å². The second-order valence-corrected chi connectivity index (χ2v) is 3.97. The van der Waals surface area contributed by atoms with Gasteiger partial charge in [0.1, 0.15) is 6.33 Å². The Morgan fingerprint density at radius 2 is 2.00 bits per heavy atom. The van der Waals surface area contributed by atoms with Gasteiger partial charge in [-0.25, -0.2) is 0 Å². The van der Waals surface area contributed by atoms with Crippen LogP contribution in [0.1, 0.15) is 25.7 Å². The van der Waals surface area contributed by atoms with Crippen LogP contribution in [0.3, 0.4) is 0 Å². The first-order valence-electron chi connectivity index (χ1n) is 5.44. The molecule has 0 amide bonds. The molecule has 0 atom stereocenters. The number of benzene rings is 1. The lowest BCUT2D eigenvalue weighted by molar-refractivity contribution is 0.572. The molecule has 4 nitrogen and oxygen atoms in total. The van der Waals surface area contributed by atoms with E-state index in [0.29, 0.717) is 12.6 Å². The van der Waals surface area contributed by atoms with E-state index in [4.69, 9.17) is 0 Å². The number of anilines is 1. The largest absolute Gasteiger partial charge is 0.378 e. The summed E-state index contributed by atoms with van der Waals surface area (Å²) in [5.41, 5.74) is 1.10. The van der Waals surface area contributed by atoms with Crippen LogP contribution in [-0.2, 0) is 6.54 Å². The van der Waals surface area contributed by atoms with Crippen LogP contribution >= 0.6 is 0 Å². The molecular formula is C12H16N4. The van der Waals surface area contributed by atoms with Crippen molar-refractivity contribution >= 4 is 5.69 Å². The Balaban J connectivity index is 2.02. The van der Waals surface area contributed by atoms with E-state index >= 15 is 0 Å². The molecule has 84 valence electrons. The third-order valence-electron chi connectivity index (χ3n) is 2.43. The molecule has 0 aliphatic rings. The first-order chi connectivity index (χ1) is 7.77. The SMILES string of the molecule is CC(C)n1cnnc1CNc1ccccc1.